The molecule has 2 amide bonds. The molecule has 170 valence electrons. The lowest BCUT2D eigenvalue weighted by atomic mass is 10.1. The summed E-state index contributed by atoms with van der Waals surface area (Å²) in [5, 5.41) is 5.78. The number of amides is 2. The van der Waals surface area contributed by atoms with E-state index in [2.05, 4.69) is 26.6 Å². The fraction of sp³-hybridized carbons (Fsp3) is 0.160. The Kier molecular flexibility index (Phi) is 8.57. The van der Waals surface area contributed by atoms with Crippen molar-refractivity contribution in [1.82, 2.24) is 10.2 Å². The van der Waals surface area contributed by atoms with Gasteiger partial charge in [0.25, 0.3) is 11.8 Å². The fourth-order valence-electron chi connectivity index (χ4n) is 3.02. The van der Waals surface area contributed by atoms with Crippen molar-refractivity contribution < 1.29 is 14.3 Å². The number of carbonyl (C=O) groups excluding carboxylic acids is 2. The maximum Gasteiger partial charge on any atom is 0.261 e. The van der Waals surface area contributed by atoms with E-state index in [1.54, 1.807) is 50.5 Å². The molecule has 6 nitrogen and oxygen atoms in total. The number of hydrogen-bond donors (Lipinski definition) is 2. The van der Waals surface area contributed by atoms with Gasteiger partial charge >= 0.3 is 0 Å². The Morgan fingerprint density at radius 1 is 1.00 bits per heavy atom. The van der Waals surface area contributed by atoms with Gasteiger partial charge in [0.2, 0.25) is 0 Å². The second kappa shape index (κ2) is 11.6. The van der Waals surface area contributed by atoms with Crippen LogP contribution in [0, 0.1) is 0 Å². The number of halogens is 1. The highest BCUT2D eigenvalue weighted by atomic mass is 79.9. The normalized spacial score (nSPS) is 10.3. The van der Waals surface area contributed by atoms with Crippen LogP contribution in [-0.2, 0) is 6.42 Å². The molecule has 0 aliphatic rings. The van der Waals surface area contributed by atoms with E-state index in [1.807, 2.05) is 36.4 Å². The zero-order valence-corrected chi connectivity index (χ0v) is 20.7. The van der Waals surface area contributed by atoms with E-state index in [0.29, 0.717) is 29.2 Å². The molecule has 0 saturated carbocycles. The molecule has 0 saturated heterocycles. The second-order valence-corrected chi connectivity index (χ2v) is 8.73. The van der Waals surface area contributed by atoms with Crippen molar-refractivity contribution in [1.29, 1.82) is 0 Å². The van der Waals surface area contributed by atoms with Crippen LogP contribution in [0.25, 0.3) is 0 Å². The number of nitrogens with one attached hydrogen (secondary N) is 2. The van der Waals surface area contributed by atoms with E-state index in [0.717, 1.165) is 16.5 Å². The molecule has 33 heavy (non-hydrogen) atoms. The van der Waals surface area contributed by atoms with Crippen molar-refractivity contribution in [2.45, 2.75) is 6.42 Å². The molecule has 2 N–H and O–H groups in total. The first-order valence-electron chi connectivity index (χ1n) is 10.2. The minimum absolute atomic E-state index is 0.0909. The first-order valence-corrected chi connectivity index (χ1v) is 11.4. The maximum absolute atomic E-state index is 12.9. The van der Waals surface area contributed by atoms with Crippen LogP contribution in [0.5, 0.6) is 5.75 Å². The fourth-order valence-corrected chi connectivity index (χ4v) is 3.59. The number of hydrogen-bond acceptors (Lipinski definition) is 4. The Labute approximate surface area is 207 Å². The average Bonchev–Trinajstić information content (AvgIpc) is 2.80. The maximum atomic E-state index is 12.9. The third-order valence-corrected chi connectivity index (χ3v) is 5.40. The van der Waals surface area contributed by atoms with Crippen molar-refractivity contribution in [2.24, 2.45) is 0 Å². The average molecular weight is 526 g/mol. The summed E-state index contributed by atoms with van der Waals surface area (Å²) in [4.78, 5) is 26.4. The highest BCUT2D eigenvalue weighted by molar-refractivity contribution is 9.10. The Hall–Kier alpha value is -3.23. The van der Waals surface area contributed by atoms with Crippen LogP contribution in [0.2, 0.25) is 0 Å². The van der Waals surface area contributed by atoms with Gasteiger partial charge < -0.3 is 15.0 Å². The van der Waals surface area contributed by atoms with Crippen molar-refractivity contribution in [2.75, 3.05) is 26.0 Å². The highest BCUT2D eigenvalue weighted by Crippen LogP contribution is 2.24. The van der Waals surface area contributed by atoms with Crippen molar-refractivity contribution in [3.63, 3.8) is 0 Å². The van der Waals surface area contributed by atoms with E-state index in [-0.39, 0.29) is 16.9 Å². The second-order valence-electron chi connectivity index (χ2n) is 7.41. The molecule has 0 atom stereocenters. The minimum atomic E-state index is -0.386. The molecule has 0 spiro atoms. The number of benzene rings is 3. The lowest BCUT2D eigenvalue weighted by Crippen LogP contribution is -2.34. The van der Waals surface area contributed by atoms with Crippen molar-refractivity contribution in [3.05, 3.63) is 94.0 Å². The number of ether oxygens (including phenoxy) is 1. The Morgan fingerprint density at radius 3 is 2.36 bits per heavy atom. The predicted octanol–water partition coefficient (Wildman–Crippen LogP) is 4.90. The summed E-state index contributed by atoms with van der Waals surface area (Å²) in [7, 11) is 3.39. The number of rotatable bonds is 7. The van der Waals surface area contributed by atoms with Gasteiger partial charge in [-0.25, -0.2) is 0 Å². The smallest absolute Gasteiger partial charge is 0.261 e. The molecular weight excluding hydrogens is 502 g/mol. The zero-order valence-electron chi connectivity index (χ0n) is 18.3. The quantitative estimate of drug-likeness (QED) is 0.429. The van der Waals surface area contributed by atoms with Gasteiger partial charge in [0.1, 0.15) is 5.75 Å². The van der Waals surface area contributed by atoms with Crippen LogP contribution in [-0.4, -0.2) is 42.5 Å². The van der Waals surface area contributed by atoms with Gasteiger partial charge in [-0.2, -0.15) is 0 Å². The summed E-state index contributed by atoms with van der Waals surface area (Å²) in [6.45, 7) is 0.437. The minimum Gasteiger partial charge on any atom is -0.492 e. The summed E-state index contributed by atoms with van der Waals surface area (Å²) in [6, 6.07) is 22.1. The summed E-state index contributed by atoms with van der Waals surface area (Å²) in [5.41, 5.74) is 2.74. The van der Waals surface area contributed by atoms with Gasteiger partial charge in [0.05, 0.1) is 12.2 Å². The van der Waals surface area contributed by atoms with Crippen LogP contribution >= 0.6 is 28.1 Å². The number of anilines is 1. The van der Waals surface area contributed by atoms with Gasteiger partial charge in [-0.15, -0.1) is 0 Å². The van der Waals surface area contributed by atoms with Gasteiger partial charge in [-0.05, 0) is 60.2 Å². The Balaban J connectivity index is 1.61. The van der Waals surface area contributed by atoms with E-state index >= 15 is 0 Å². The summed E-state index contributed by atoms with van der Waals surface area (Å²) < 4.78 is 6.64. The summed E-state index contributed by atoms with van der Waals surface area (Å²) in [5.74, 6) is -0.00391. The standard InChI is InChI=1S/C25H24BrN3O3S/c1-29(2)24(31)18-8-11-20(12-9-18)27-25(33)28-23(30)21-16-19(26)10-13-22(21)32-15-14-17-6-4-3-5-7-17/h3-13,16H,14-15H2,1-2H3,(H2,27,28,30,33). The first kappa shape index (κ1) is 24.4. The molecular formula is C25H24BrN3O3S. The lowest BCUT2D eigenvalue weighted by molar-refractivity contribution is 0.0827. The molecule has 3 rings (SSSR count). The molecule has 3 aromatic carbocycles. The van der Waals surface area contributed by atoms with Crippen molar-refractivity contribution in [3.8, 4) is 5.75 Å². The van der Waals surface area contributed by atoms with Gasteiger partial charge in [-0.3, -0.25) is 14.9 Å². The molecule has 3 aromatic rings. The van der Waals surface area contributed by atoms with Crippen LogP contribution in [0.4, 0.5) is 5.69 Å². The largest absolute Gasteiger partial charge is 0.492 e. The Bertz CT molecular complexity index is 1140. The SMILES string of the molecule is CN(C)C(=O)c1ccc(NC(=S)NC(=O)c2cc(Br)ccc2OCCc2ccccc2)cc1. The van der Waals surface area contributed by atoms with Gasteiger partial charge in [0.15, 0.2) is 5.11 Å². The molecule has 0 heterocycles. The number of nitrogens with zero attached hydrogens (tertiary/aromatic N) is 1. The molecule has 0 aliphatic heterocycles. The molecule has 0 fully saturated rings. The highest BCUT2D eigenvalue weighted by Gasteiger charge is 2.15. The summed E-state index contributed by atoms with van der Waals surface area (Å²) in [6.07, 6.45) is 0.726. The van der Waals surface area contributed by atoms with E-state index in [9.17, 15) is 9.59 Å². The Morgan fingerprint density at radius 2 is 1.70 bits per heavy atom. The van der Waals surface area contributed by atoms with Gasteiger partial charge in [-0.1, -0.05) is 46.3 Å². The van der Waals surface area contributed by atoms with Crippen LogP contribution in [0.15, 0.2) is 77.3 Å². The molecule has 0 unspecified atom stereocenters. The first-order chi connectivity index (χ1) is 15.8. The molecule has 0 radical (unpaired) electrons. The number of thiocarbonyl (C=S) groups is 1. The zero-order chi connectivity index (χ0) is 23.8. The predicted molar refractivity (Wildman–Crippen MR) is 138 cm³/mol. The summed E-state index contributed by atoms with van der Waals surface area (Å²) >= 11 is 8.70. The van der Waals surface area contributed by atoms with E-state index in [4.69, 9.17) is 17.0 Å². The lowest BCUT2D eigenvalue weighted by Gasteiger charge is -2.14. The van der Waals surface area contributed by atoms with Crippen LogP contribution in [0.3, 0.4) is 0 Å². The molecule has 0 aliphatic carbocycles. The third kappa shape index (κ3) is 7.13. The van der Waals surface area contributed by atoms with Crippen LogP contribution in [0.1, 0.15) is 26.3 Å². The number of carbonyl (C=O) groups is 2. The third-order valence-electron chi connectivity index (χ3n) is 4.70. The molecule has 8 heteroatoms. The molecule has 0 bridgehead atoms. The van der Waals surface area contributed by atoms with E-state index < -0.39 is 0 Å². The monoisotopic (exact) mass is 525 g/mol. The van der Waals surface area contributed by atoms with Crippen molar-refractivity contribution >= 4 is 50.8 Å². The topological polar surface area (TPSA) is 70.7 Å². The van der Waals surface area contributed by atoms with Crippen LogP contribution < -0.4 is 15.4 Å². The molecule has 0 aromatic heterocycles. The van der Waals surface area contributed by atoms with Gasteiger partial charge in [0, 0.05) is 36.2 Å². The van der Waals surface area contributed by atoms with E-state index in [1.165, 1.54) is 4.90 Å².